The number of nitrogen functional groups attached to an aromatic ring is 1. The van der Waals surface area contributed by atoms with Crippen LogP contribution in [-0.2, 0) is 0 Å². The van der Waals surface area contributed by atoms with Gasteiger partial charge in [-0.15, -0.1) is 0 Å². The molecule has 0 radical (unpaired) electrons. The topological polar surface area (TPSA) is 42.1 Å². The van der Waals surface area contributed by atoms with Crippen molar-refractivity contribution in [1.82, 2.24) is 4.98 Å². The number of hydrogen-bond acceptors (Lipinski definition) is 3. The lowest BCUT2D eigenvalue weighted by molar-refractivity contribution is 0.980. The van der Waals surface area contributed by atoms with E-state index in [9.17, 15) is 0 Å². The van der Waals surface area contributed by atoms with Gasteiger partial charge in [-0.2, -0.15) is 0 Å². The second-order valence-electron chi connectivity index (χ2n) is 3.92. The van der Waals surface area contributed by atoms with Crippen molar-refractivity contribution in [3.8, 4) is 0 Å². The monoisotopic (exact) mass is 227 g/mol. The van der Waals surface area contributed by atoms with Crippen LogP contribution in [0.25, 0.3) is 0 Å². The lowest BCUT2D eigenvalue weighted by atomic mass is 10.2. The Morgan fingerprint density at radius 1 is 1.12 bits per heavy atom. The number of benzene rings is 1. The molecule has 2 N–H and O–H groups in total. The van der Waals surface area contributed by atoms with E-state index in [4.69, 9.17) is 5.73 Å². The normalized spacial score (nSPS) is 10.2. The lowest BCUT2D eigenvalue weighted by Gasteiger charge is -2.22. The fourth-order valence-electron chi connectivity index (χ4n) is 1.79. The maximum absolute atomic E-state index is 5.79. The second-order valence-corrected chi connectivity index (χ2v) is 3.92. The standard InChI is InChI=1S/C14H17N3/c1-3-17(12-7-5-4-6-8-12)14-10-9-13(15)11(2)16-14/h4-10H,3,15H2,1-2H3. The van der Waals surface area contributed by atoms with Crippen LogP contribution in [-0.4, -0.2) is 11.5 Å². The first-order valence-electron chi connectivity index (χ1n) is 5.78. The largest absolute Gasteiger partial charge is 0.397 e. The molecule has 0 aliphatic rings. The summed E-state index contributed by atoms with van der Waals surface area (Å²) >= 11 is 0. The number of anilines is 3. The Morgan fingerprint density at radius 2 is 1.82 bits per heavy atom. The molecule has 3 nitrogen and oxygen atoms in total. The maximum atomic E-state index is 5.79. The van der Waals surface area contributed by atoms with Crippen molar-refractivity contribution in [1.29, 1.82) is 0 Å². The van der Waals surface area contributed by atoms with Crippen LogP contribution in [0.4, 0.5) is 17.2 Å². The maximum Gasteiger partial charge on any atom is 0.133 e. The van der Waals surface area contributed by atoms with Crippen molar-refractivity contribution in [2.75, 3.05) is 17.2 Å². The fourth-order valence-corrected chi connectivity index (χ4v) is 1.79. The number of para-hydroxylation sites is 1. The highest BCUT2D eigenvalue weighted by molar-refractivity contribution is 5.61. The van der Waals surface area contributed by atoms with E-state index in [-0.39, 0.29) is 0 Å². The SMILES string of the molecule is CCN(c1ccccc1)c1ccc(N)c(C)n1. The lowest BCUT2D eigenvalue weighted by Crippen LogP contribution is -2.17. The van der Waals surface area contributed by atoms with Gasteiger partial charge < -0.3 is 10.6 Å². The van der Waals surface area contributed by atoms with Crippen LogP contribution >= 0.6 is 0 Å². The summed E-state index contributed by atoms with van der Waals surface area (Å²) in [7, 11) is 0. The second kappa shape index (κ2) is 4.87. The first kappa shape index (κ1) is 11.5. The number of nitrogens with zero attached hydrogens (tertiary/aromatic N) is 2. The molecule has 0 atom stereocenters. The van der Waals surface area contributed by atoms with Crippen molar-refractivity contribution < 1.29 is 0 Å². The molecule has 2 rings (SSSR count). The van der Waals surface area contributed by atoms with Crippen molar-refractivity contribution in [3.05, 3.63) is 48.2 Å². The molecule has 0 aliphatic carbocycles. The Morgan fingerprint density at radius 3 is 2.41 bits per heavy atom. The van der Waals surface area contributed by atoms with E-state index in [1.54, 1.807) is 0 Å². The molecular formula is C14H17N3. The Balaban J connectivity index is 2.39. The molecule has 0 spiro atoms. The first-order chi connectivity index (χ1) is 8.22. The van der Waals surface area contributed by atoms with Crippen LogP contribution in [0, 0.1) is 6.92 Å². The number of rotatable bonds is 3. The predicted molar refractivity (Wildman–Crippen MR) is 72.5 cm³/mol. The molecule has 1 heterocycles. The Bertz CT molecular complexity index is 494. The summed E-state index contributed by atoms with van der Waals surface area (Å²) in [5, 5.41) is 0. The minimum Gasteiger partial charge on any atom is -0.397 e. The third-order valence-electron chi connectivity index (χ3n) is 2.77. The molecule has 17 heavy (non-hydrogen) atoms. The molecule has 2 aromatic rings. The summed E-state index contributed by atoms with van der Waals surface area (Å²) in [6, 6.07) is 14.1. The molecule has 88 valence electrons. The highest BCUT2D eigenvalue weighted by atomic mass is 15.2. The molecule has 3 heteroatoms. The molecule has 1 aromatic carbocycles. The quantitative estimate of drug-likeness (QED) is 0.876. The summed E-state index contributed by atoms with van der Waals surface area (Å²) in [5.74, 6) is 0.936. The minimum absolute atomic E-state index is 0.734. The summed E-state index contributed by atoms with van der Waals surface area (Å²) in [4.78, 5) is 6.68. The molecule has 0 aliphatic heterocycles. The van der Waals surface area contributed by atoms with Crippen molar-refractivity contribution in [3.63, 3.8) is 0 Å². The van der Waals surface area contributed by atoms with Crippen LogP contribution in [0.15, 0.2) is 42.5 Å². The van der Waals surface area contributed by atoms with Crippen molar-refractivity contribution in [2.45, 2.75) is 13.8 Å². The zero-order valence-electron chi connectivity index (χ0n) is 10.2. The fraction of sp³-hybridized carbons (Fsp3) is 0.214. The van der Waals surface area contributed by atoms with Gasteiger partial charge in [0, 0.05) is 12.2 Å². The molecule has 0 bridgehead atoms. The summed E-state index contributed by atoms with van der Waals surface area (Å²) in [5.41, 5.74) is 8.54. The van der Waals surface area contributed by atoms with Gasteiger partial charge in [0.2, 0.25) is 0 Å². The molecule has 0 unspecified atom stereocenters. The van der Waals surface area contributed by atoms with E-state index in [1.165, 1.54) is 0 Å². The predicted octanol–water partition coefficient (Wildman–Crippen LogP) is 3.13. The third-order valence-corrected chi connectivity index (χ3v) is 2.77. The van der Waals surface area contributed by atoms with E-state index >= 15 is 0 Å². The minimum atomic E-state index is 0.734. The third kappa shape index (κ3) is 2.38. The van der Waals surface area contributed by atoms with Gasteiger partial charge in [0.05, 0.1) is 11.4 Å². The average molecular weight is 227 g/mol. The van der Waals surface area contributed by atoms with Crippen LogP contribution in [0.1, 0.15) is 12.6 Å². The van der Waals surface area contributed by atoms with Crippen LogP contribution < -0.4 is 10.6 Å². The van der Waals surface area contributed by atoms with E-state index in [0.29, 0.717) is 0 Å². The van der Waals surface area contributed by atoms with Crippen LogP contribution in [0.5, 0.6) is 0 Å². The van der Waals surface area contributed by atoms with Gasteiger partial charge in [-0.05, 0) is 38.1 Å². The van der Waals surface area contributed by atoms with E-state index in [2.05, 4.69) is 28.9 Å². The molecule has 0 fully saturated rings. The summed E-state index contributed by atoms with van der Waals surface area (Å²) < 4.78 is 0. The smallest absolute Gasteiger partial charge is 0.133 e. The summed E-state index contributed by atoms with van der Waals surface area (Å²) in [6.45, 7) is 4.92. The van der Waals surface area contributed by atoms with Crippen molar-refractivity contribution >= 4 is 17.2 Å². The number of nitrogens with two attached hydrogens (primary N) is 1. The number of hydrogen-bond donors (Lipinski definition) is 1. The Hall–Kier alpha value is -2.03. The molecule has 1 aromatic heterocycles. The van der Waals surface area contributed by atoms with Crippen LogP contribution in [0.2, 0.25) is 0 Å². The van der Waals surface area contributed by atoms with E-state index < -0.39 is 0 Å². The van der Waals surface area contributed by atoms with Crippen LogP contribution in [0.3, 0.4) is 0 Å². The zero-order valence-corrected chi connectivity index (χ0v) is 10.2. The van der Waals surface area contributed by atoms with Crippen molar-refractivity contribution in [2.24, 2.45) is 0 Å². The van der Waals surface area contributed by atoms with E-state index in [0.717, 1.165) is 29.4 Å². The van der Waals surface area contributed by atoms with Gasteiger partial charge in [0.15, 0.2) is 0 Å². The zero-order chi connectivity index (χ0) is 12.3. The average Bonchev–Trinajstić information content (AvgIpc) is 2.36. The highest BCUT2D eigenvalue weighted by Crippen LogP contribution is 2.24. The molecule has 0 amide bonds. The molecular weight excluding hydrogens is 210 g/mol. The van der Waals surface area contributed by atoms with Gasteiger partial charge in [-0.3, -0.25) is 0 Å². The van der Waals surface area contributed by atoms with Gasteiger partial charge in [-0.25, -0.2) is 4.98 Å². The van der Waals surface area contributed by atoms with Gasteiger partial charge in [0.1, 0.15) is 5.82 Å². The van der Waals surface area contributed by atoms with E-state index in [1.807, 2.05) is 37.3 Å². The number of aromatic nitrogens is 1. The number of aryl methyl sites for hydroxylation is 1. The Kier molecular flexibility index (Phi) is 3.28. The van der Waals surface area contributed by atoms with Gasteiger partial charge >= 0.3 is 0 Å². The number of pyridine rings is 1. The Labute approximate surface area is 102 Å². The highest BCUT2D eigenvalue weighted by Gasteiger charge is 2.08. The van der Waals surface area contributed by atoms with Gasteiger partial charge in [0.25, 0.3) is 0 Å². The molecule has 0 saturated heterocycles. The van der Waals surface area contributed by atoms with Gasteiger partial charge in [-0.1, -0.05) is 18.2 Å². The molecule has 0 saturated carbocycles. The summed E-state index contributed by atoms with van der Waals surface area (Å²) in [6.07, 6.45) is 0. The first-order valence-corrected chi connectivity index (χ1v) is 5.78.